The van der Waals surface area contributed by atoms with Crippen LogP contribution < -0.4 is 5.32 Å². The first-order valence-electron chi connectivity index (χ1n) is 8.52. The van der Waals surface area contributed by atoms with Crippen molar-refractivity contribution in [3.8, 4) is 0 Å². The maximum atomic E-state index is 5.14. The first-order chi connectivity index (χ1) is 10.2. The molecule has 0 amide bonds. The molecule has 1 atom stereocenters. The number of hydrogen-bond donors (Lipinski definition) is 1. The SMILES string of the molecule is COCCNCC(C)(Cc1ccc2c(c1)CCC2)C1CC1. The normalized spacial score (nSPS) is 20.3. The zero-order valence-electron chi connectivity index (χ0n) is 13.6. The van der Waals surface area contributed by atoms with Crippen molar-refractivity contribution in [1.29, 1.82) is 0 Å². The molecule has 2 aliphatic carbocycles. The first kappa shape index (κ1) is 15.1. The molecule has 0 heterocycles. The van der Waals surface area contributed by atoms with Gasteiger partial charge in [0.05, 0.1) is 6.61 Å². The minimum Gasteiger partial charge on any atom is -0.383 e. The van der Waals surface area contributed by atoms with Gasteiger partial charge in [0.15, 0.2) is 0 Å². The molecule has 2 heteroatoms. The monoisotopic (exact) mass is 287 g/mol. The number of nitrogens with one attached hydrogen (secondary N) is 1. The second-order valence-electron chi connectivity index (χ2n) is 7.23. The summed E-state index contributed by atoms with van der Waals surface area (Å²) in [5.74, 6) is 0.904. The van der Waals surface area contributed by atoms with Gasteiger partial charge in [0, 0.05) is 20.2 Å². The van der Waals surface area contributed by atoms with Gasteiger partial charge in [-0.2, -0.15) is 0 Å². The average Bonchev–Trinajstić information content (AvgIpc) is 3.24. The summed E-state index contributed by atoms with van der Waals surface area (Å²) < 4.78 is 5.14. The number of fused-ring (bicyclic) bond motifs is 1. The van der Waals surface area contributed by atoms with Crippen LogP contribution in [-0.4, -0.2) is 26.8 Å². The molecular formula is C19H29NO. The fourth-order valence-electron chi connectivity index (χ4n) is 3.88. The first-order valence-corrected chi connectivity index (χ1v) is 8.52. The highest BCUT2D eigenvalue weighted by molar-refractivity contribution is 5.35. The molecule has 0 aromatic heterocycles. The quantitative estimate of drug-likeness (QED) is 0.740. The molecule has 3 rings (SSSR count). The van der Waals surface area contributed by atoms with Crippen molar-refractivity contribution in [2.24, 2.45) is 11.3 Å². The number of ether oxygens (including phenoxy) is 1. The molecule has 2 aliphatic rings. The lowest BCUT2D eigenvalue weighted by Gasteiger charge is -2.30. The van der Waals surface area contributed by atoms with E-state index in [1.54, 1.807) is 23.8 Å². The standard InChI is InChI=1S/C19H29NO/c1-19(18-8-9-18,14-20-10-11-21-2)13-15-6-7-16-4-3-5-17(16)12-15/h6-7,12,18,20H,3-5,8-11,13-14H2,1-2H3. The van der Waals surface area contributed by atoms with E-state index >= 15 is 0 Å². The van der Waals surface area contributed by atoms with Crippen LogP contribution in [0.25, 0.3) is 0 Å². The average molecular weight is 287 g/mol. The minimum absolute atomic E-state index is 0.403. The van der Waals surface area contributed by atoms with Crippen LogP contribution in [0.5, 0.6) is 0 Å². The third-order valence-electron chi connectivity index (χ3n) is 5.35. The largest absolute Gasteiger partial charge is 0.383 e. The second kappa shape index (κ2) is 6.50. The van der Waals surface area contributed by atoms with Crippen molar-refractivity contribution in [1.82, 2.24) is 5.32 Å². The molecule has 2 nitrogen and oxygen atoms in total. The Morgan fingerprint density at radius 2 is 2.05 bits per heavy atom. The molecule has 21 heavy (non-hydrogen) atoms. The number of hydrogen-bond acceptors (Lipinski definition) is 2. The highest BCUT2D eigenvalue weighted by atomic mass is 16.5. The summed E-state index contributed by atoms with van der Waals surface area (Å²) in [5, 5.41) is 3.60. The van der Waals surface area contributed by atoms with Gasteiger partial charge in [0.1, 0.15) is 0 Å². The molecule has 0 saturated heterocycles. The van der Waals surface area contributed by atoms with Crippen molar-refractivity contribution < 1.29 is 4.74 Å². The summed E-state index contributed by atoms with van der Waals surface area (Å²) >= 11 is 0. The van der Waals surface area contributed by atoms with Crippen molar-refractivity contribution >= 4 is 0 Å². The lowest BCUT2D eigenvalue weighted by atomic mass is 9.78. The van der Waals surface area contributed by atoms with E-state index in [-0.39, 0.29) is 0 Å². The summed E-state index contributed by atoms with van der Waals surface area (Å²) in [5.41, 5.74) is 5.14. The van der Waals surface area contributed by atoms with Crippen LogP contribution in [0.2, 0.25) is 0 Å². The van der Waals surface area contributed by atoms with Crippen LogP contribution in [0, 0.1) is 11.3 Å². The summed E-state index contributed by atoms with van der Waals surface area (Å²) in [6.45, 7) is 5.35. The van der Waals surface area contributed by atoms with E-state index in [0.29, 0.717) is 5.41 Å². The zero-order valence-corrected chi connectivity index (χ0v) is 13.6. The molecule has 1 aromatic carbocycles. The van der Waals surface area contributed by atoms with E-state index in [2.05, 4.69) is 30.4 Å². The number of aryl methyl sites for hydroxylation is 2. The Morgan fingerprint density at radius 1 is 1.24 bits per heavy atom. The van der Waals surface area contributed by atoms with Crippen molar-refractivity contribution in [2.75, 3.05) is 26.8 Å². The summed E-state index contributed by atoms with van der Waals surface area (Å²) in [6.07, 6.45) is 7.95. The Morgan fingerprint density at radius 3 is 2.81 bits per heavy atom. The molecule has 0 bridgehead atoms. The molecule has 1 saturated carbocycles. The van der Waals surface area contributed by atoms with Gasteiger partial charge in [-0.25, -0.2) is 0 Å². The van der Waals surface area contributed by atoms with Crippen LogP contribution in [0.4, 0.5) is 0 Å². The zero-order chi connectivity index (χ0) is 14.7. The topological polar surface area (TPSA) is 21.3 Å². The van der Waals surface area contributed by atoms with Gasteiger partial charge >= 0.3 is 0 Å². The number of benzene rings is 1. The van der Waals surface area contributed by atoms with Gasteiger partial charge < -0.3 is 10.1 Å². The van der Waals surface area contributed by atoms with Crippen LogP contribution in [0.3, 0.4) is 0 Å². The van der Waals surface area contributed by atoms with E-state index in [4.69, 9.17) is 4.74 Å². The van der Waals surface area contributed by atoms with Crippen LogP contribution in [-0.2, 0) is 24.0 Å². The molecule has 1 N–H and O–H groups in total. The molecule has 1 fully saturated rings. The maximum absolute atomic E-state index is 5.14. The van der Waals surface area contributed by atoms with Crippen LogP contribution >= 0.6 is 0 Å². The highest BCUT2D eigenvalue weighted by Gasteiger charge is 2.41. The Bertz CT molecular complexity index is 480. The lowest BCUT2D eigenvalue weighted by Crippen LogP contribution is -2.37. The molecular weight excluding hydrogens is 258 g/mol. The van der Waals surface area contributed by atoms with Gasteiger partial charge in [-0.15, -0.1) is 0 Å². The van der Waals surface area contributed by atoms with E-state index in [9.17, 15) is 0 Å². The van der Waals surface area contributed by atoms with E-state index in [1.165, 1.54) is 38.5 Å². The van der Waals surface area contributed by atoms with Crippen LogP contribution in [0.1, 0.15) is 42.9 Å². The van der Waals surface area contributed by atoms with Crippen molar-refractivity contribution in [3.63, 3.8) is 0 Å². The third kappa shape index (κ3) is 3.67. The summed E-state index contributed by atoms with van der Waals surface area (Å²) in [7, 11) is 1.77. The predicted octanol–water partition coefficient (Wildman–Crippen LogP) is 3.37. The van der Waals surface area contributed by atoms with Crippen molar-refractivity contribution in [2.45, 2.75) is 45.4 Å². The Balaban J connectivity index is 1.64. The van der Waals surface area contributed by atoms with Crippen LogP contribution in [0.15, 0.2) is 18.2 Å². The second-order valence-corrected chi connectivity index (χ2v) is 7.23. The maximum Gasteiger partial charge on any atom is 0.0587 e. The fourth-order valence-corrected chi connectivity index (χ4v) is 3.88. The predicted molar refractivity (Wildman–Crippen MR) is 87.7 cm³/mol. The van der Waals surface area contributed by atoms with E-state index < -0.39 is 0 Å². The van der Waals surface area contributed by atoms with Gasteiger partial charge in [-0.05, 0) is 66.5 Å². The lowest BCUT2D eigenvalue weighted by molar-refractivity contribution is 0.187. The van der Waals surface area contributed by atoms with Crippen molar-refractivity contribution in [3.05, 3.63) is 34.9 Å². The molecule has 0 radical (unpaired) electrons. The third-order valence-corrected chi connectivity index (χ3v) is 5.35. The number of rotatable bonds is 8. The molecule has 1 aromatic rings. The summed E-state index contributed by atoms with van der Waals surface area (Å²) in [6, 6.07) is 7.24. The van der Waals surface area contributed by atoms with E-state index in [1.807, 2.05) is 0 Å². The Kier molecular flexibility index (Phi) is 4.66. The molecule has 0 aliphatic heterocycles. The molecule has 116 valence electrons. The van der Waals surface area contributed by atoms with E-state index in [0.717, 1.165) is 25.6 Å². The molecule has 0 spiro atoms. The van der Waals surface area contributed by atoms with Gasteiger partial charge in [0.2, 0.25) is 0 Å². The Hall–Kier alpha value is -0.860. The van der Waals surface area contributed by atoms with Gasteiger partial charge in [0.25, 0.3) is 0 Å². The molecule has 1 unspecified atom stereocenters. The number of methoxy groups -OCH3 is 1. The van der Waals surface area contributed by atoms with Gasteiger partial charge in [-0.3, -0.25) is 0 Å². The Labute approximate surface area is 129 Å². The fraction of sp³-hybridized carbons (Fsp3) is 0.684. The van der Waals surface area contributed by atoms with Gasteiger partial charge in [-0.1, -0.05) is 25.1 Å². The minimum atomic E-state index is 0.403. The summed E-state index contributed by atoms with van der Waals surface area (Å²) in [4.78, 5) is 0. The highest BCUT2D eigenvalue weighted by Crippen LogP contribution is 2.47. The smallest absolute Gasteiger partial charge is 0.0587 e.